The fourth-order valence-electron chi connectivity index (χ4n) is 5.83. The number of ether oxygens (including phenoxy) is 1. The van der Waals surface area contributed by atoms with E-state index >= 15 is 0 Å². The van der Waals surface area contributed by atoms with Gasteiger partial charge in [-0.05, 0) is 59.1 Å². The highest BCUT2D eigenvalue weighted by Crippen LogP contribution is 2.51. The molecule has 2 aromatic rings. The molecule has 1 N–H and O–H groups in total. The van der Waals surface area contributed by atoms with E-state index in [1.54, 1.807) is 12.1 Å². The van der Waals surface area contributed by atoms with E-state index in [-0.39, 0.29) is 29.0 Å². The Bertz CT molecular complexity index is 1330. The molecule has 2 aromatic carbocycles. The Morgan fingerprint density at radius 3 is 1.92 bits per heavy atom. The smallest absolute Gasteiger partial charge is 0.162 e. The van der Waals surface area contributed by atoms with Crippen LogP contribution in [-0.4, -0.2) is 11.6 Å². The minimum Gasteiger partial charge on any atom is -0.487 e. The zero-order valence-electron chi connectivity index (χ0n) is 21.4. The van der Waals surface area contributed by atoms with Crippen LogP contribution < -0.4 is 10.1 Å². The van der Waals surface area contributed by atoms with E-state index in [1.165, 1.54) is 0 Å². The van der Waals surface area contributed by atoms with Gasteiger partial charge in [0.15, 0.2) is 11.6 Å². The van der Waals surface area contributed by atoms with Gasteiger partial charge in [-0.1, -0.05) is 74.6 Å². The predicted octanol–water partition coefficient (Wildman–Crippen LogP) is 8.20. The number of ketones is 2. The fraction of sp³-hybridized carbons (Fsp3) is 0.400. The number of allylic oxidation sites excluding steroid dienone is 4. The van der Waals surface area contributed by atoms with Gasteiger partial charge in [0.2, 0.25) is 0 Å². The zero-order chi connectivity index (χ0) is 26.7. The van der Waals surface area contributed by atoms with Crippen LogP contribution in [0.1, 0.15) is 70.4 Å². The molecular weight excluding hydrogens is 529 g/mol. The number of hydrogen-bond acceptors (Lipinski definition) is 4. The summed E-state index contributed by atoms with van der Waals surface area (Å²) in [4.78, 5) is 27.0. The zero-order valence-corrected chi connectivity index (χ0v) is 23.7. The summed E-state index contributed by atoms with van der Waals surface area (Å²) in [5, 5.41) is 4.91. The summed E-state index contributed by atoms with van der Waals surface area (Å²) in [6.07, 6.45) is 2.42. The van der Waals surface area contributed by atoms with E-state index in [4.69, 9.17) is 39.5 Å². The van der Waals surface area contributed by atoms with Crippen molar-refractivity contribution in [3.8, 4) is 5.75 Å². The highest BCUT2D eigenvalue weighted by atomic mass is 35.5. The van der Waals surface area contributed by atoms with E-state index < -0.39 is 5.92 Å². The molecule has 4 nitrogen and oxygen atoms in total. The molecule has 0 unspecified atom stereocenters. The van der Waals surface area contributed by atoms with Crippen molar-refractivity contribution in [3.05, 3.63) is 85.1 Å². The molecular formula is C30H30Cl3NO3. The first-order valence-electron chi connectivity index (χ1n) is 12.5. The van der Waals surface area contributed by atoms with Gasteiger partial charge in [-0.15, -0.1) is 0 Å². The third-order valence-corrected chi connectivity index (χ3v) is 8.42. The number of carbonyl (C=O) groups excluding carboxylic acids is 2. The van der Waals surface area contributed by atoms with Gasteiger partial charge in [-0.2, -0.15) is 0 Å². The van der Waals surface area contributed by atoms with Crippen molar-refractivity contribution in [1.82, 2.24) is 5.32 Å². The molecule has 0 aromatic heterocycles. The van der Waals surface area contributed by atoms with Gasteiger partial charge in [0.25, 0.3) is 0 Å². The van der Waals surface area contributed by atoms with Crippen molar-refractivity contribution in [2.45, 2.75) is 65.9 Å². The summed E-state index contributed by atoms with van der Waals surface area (Å²) in [6.45, 7) is 8.73. The number of dihydropyridines is 1. The standard InChI is InChI=1S/C30H30Cl3NO3/c1-29(2)11-21-27(23(35)13-29)26(28-22(34-21)12-30(3,4)14-24(28)36)17-6-8-25(20(33)10-17)37-15-16-5-7-18(31)19(32)9-16/h5-10,26,34H,11-15H2,1-4H3. The highest BCUT2D eigenvalue weighted by molar-refractivity contribution is 6.42. The Hall–Kier alpha value is -2.27. The predicted molar refractivity (Wildman–Crippen MR) is 148 cm³/mol. The quantitative estimate of drug-likeness (QED) is 0.411. The molecule has 5 rings (SSSR count). The normalized spacial score (nSPS) is 20.9. The molecule has 0 atom stereocenters. The van der Waals surface area contributed by atoms with Crippen molar-refractivity contribution >= 4 is 46.4 Å². The maximum Gasteiger partial charge on any atom is 0.162 e. The van der Waals surface area contributed by atoms with Crippen molar-refractivity contribution in [3.63, 3.8) is 0 Å². The number of Topliss-reactive ketones (excluding diaryl/α,β-unsaturated/α-hetero) is 2. The van der Waals surface area contributed by atoms with Crippen LogP contribution in [0.15, 0.2) is 58.9 Å². The Kier molecular flexibility index (Phi) is 6.75. The molecule has 1 heterocycles. The number of rotatable bonds is 4. The fourth-order valence-corrected chi connectivity index (χ4v) is 6.39. The molecule has 0 radical (unpaired) electrons. The molecule has 37 heavy (non-hydrogen) atoms. The van der Waals surface area contributed by atoms with E-state index in [1.807, 2.05) is 24.3 Å². The summed E-state index contributed by atoms with van der Waals surface area (Å²) in [5.74, 6) is 0.258. The summed E-state index contributed by atoms with van der Waals surface area (Å²) < 4.78 is 5.97. The molecule has 194 valence electrons. The van der Waals surface area contributed by atoms with Crippen molar-refractivity contribution < 1.29 is 14.3 Å². The lowest BCUT2D eigenvalue weighted by Gasteiger charge is -2.44. The second-order valence-corrected chi connectivity index (χ2v) is 13.2. The molecule has 0 spiro atoms. The van der Waals surface area contributed by atoms with Crippen LogP contribution in [0.2, 0.25) is 15.1 Å². The Balaban J connectivity index is 1.51. The topological polar surface area (TPSA) is 55.4 Å². The molecule has 0 saturated heterocycles. The van der Waals surface area contributed by atoms with Crippen LogP contribution >= 0.6 is 34.8 Å². The Morgan fingerprint density at radius 2 is 1.38 bits per heavy atom. The molecule has 0 fully saturated rings. The molecule has 0 bridgehead atoms. The monoisotopic (exact) mass is 557 g/mol. The first kappa shape index (κ1) is 26.3. The van der Waals surface area contributed by atoms with Crippen LogP contribution in [-0.2, 0) is 16.2 Å². The van der Waals surface area contributed by atoms with E-state index in [9.17, 15) is 9.59 Å². The lowest BCUT2D eigenvalue weighted by atomic mass is 9.64. The third kappa shape index (κ3) is 5.21. The maximum atomic E-state index is 13.5. The van der Waals surface area contributed by atoms with Crippen LogP contribution in [0, 0.1) is 10.8 Å². The summed E-state index contributed by atoms with van der Waals surface area (Å²) >= 11 is 18.8. The number of halogens is 3. The lowest BCUT2D eigenvalue weighted by molar-refractivity contribution is -0.119. The summed E-state index contributed by atoms with van der Waals surface area (Å²) in [6, 6.07) is 10.9. The first-order valence-corrected chi connectivity index (χ1v) is 13.6. The average Bonchev–Trinajstić information content (AvgIpc) is 2.77. The lowest BCUT2D eigenvalue weighted by Crippen LogP contribution is -2.42. The van der Waals surface area contributed by atoms with Gasteiger partial charge in [-0.3, -0.25) is 9.59 Å². The first-order chi connectivity index (χ1) is 17.3. The molecule has 0 amide bonds. The van der Waals surface area contributed by atoms with Gasteiger partial charge in [0.05, 0.1) is 15.1 Å². The van der Waals surface area contributed by atoms with Gasteiger partial charge >= 0.3 is 0 Å². The highest BCUT2D eigenvalue weighted by Gasteiger charge is 2.46. The van der Waals surface area contributed by atoms with E-state index in [0.717, 1.165) is 35.4 Å². The Morgan fingerprint density at radius 1 is 0.784 bits per heavy atom. The van der Waals surface area contributed by atoms with Crippen LogP contribution in [0.25, 0.3) is 0 Å². The van der Waals surface area contributed by atoms with Crippen LogP contribution in [0.3, 0.4) is 0 Å². The van der Waals surface area contributed by atoms with Gasteiger partial charge in [-0.25, -0.2) is 0 Å². The minimum absolute atomic E-state index is 0.0870. The SMILES string of the molecule is CC1(C)CC(=O)C2=C(C1)NC1=C(C(=O)CC(C)(C)C1)C2c1ccc(OCc2ccc(Cl)c(Cl)c2)c(Cl)c1. The van der Waals surface area contributed by atoms with E-state index in [2.05, 4.69) is 33.0 Å². The van der Waals surface area contributed by atoms with Gasteiger partial charge < -0.3 is 10.1 Å². The molecule has 7 heteroatoms. The molecule has 2 aliphatic carbocycles. The van der Waals surface area contributed by atoms with Crippen molar-refractivity contribution in [2.24, 2.45) is 10.8 Å². The second kappa shape index (κ2) is 9.48. The van der Waals surface area contributed by atoms with Crippen LogP contribution in [0.4, 0.5) is 0 Å². The minimum atomic E-state index is -0.430. The van der Waals surface area contributed by atoms with Crippen LogP contribution in [0.5, 0.6) is 5.75 Å². The van der Waals surface area contributed by atoms with Crippen molar-refractivity contribution in [2.75, 3.05) is 0 Å². The second-order valence-electron chi connectivity index (χ2n) is 12.0. The number of hydrogen-bond donors (Lipinski definition) is 1. The van der Waals surface area contributed by atoms with Crippen molar-refractivity contribution in [1.29, 1.82) is 0 Å². The van der Waals surface area contributed by atoms with E-state index in [0.29, 0.717) is 44.8 Å². The largest absolute Gasteiger partial charge is 0.487 e. The number of benzene rings is 2. The van der Waals surface area contributed by atoms with Gasteiger partial charge in [0, 0.05) is 41.3 Å². The summed E-state index contributed by atoms with van der Waals surface area (Å²) in [7, 11) is 0. The Labute approximate surface area is 233 Å². The number of nitrogens with one attached hydrogen (secondary N) is 1. The molecule has 1 aliphatic heterocycles. The van der Waals surface area contributed by atoms with Gasteiger partial charge in [0.1, 0.15) is 12.4 Å². The average molecular weight is 559 g/mol. The third-order valence-electron chi connectivity index (χ3n) is 7.39. The molecule has 0 saturated carbocycles. The maximum absolute atomic E-state index is 13.5. The summed E-state index contributed by atoms with van der Waals surface area (Å²) in [5.41, 5.74) is 4.69. The molecule has 3 aliphatic rings. The number of carbonyl (C=O) groups is 2.